The molecule has 0 fully saturated rings. The monoisotopic (exact) mass is 402 g/mol. The van der Waals surface area contributed by atoms with Crippen molar-refractivity contribution in [3.05, 3.63) is 52.6 Å². The maximum atomic E-state index is 13.0. The highest BCUT2D eigenvalue weighted by Crippen LogP contribution is 2.23. The summed E-state index contributed by atoms with van der Waals surface area (Å²) in [6.45, 7) is 6.69. The van der Waals surface area contributed by atoms with E-state index < -0.39 is 11.7 Å². The fourth-order valence-electron chi connectivity index (χ4n) is 3.31. The number of halogens is 1. The number of nitrogens with zero attached hydrogens (tertiary/aromatic N) is 3. The number of carbonyl (C=O) groups excluding carboxylic acids is 2. The van der Waals surface area contributed by atoms with E-state index in [9.17, 15) is 14.0 Å². The number of hydrogen-bond acceptors (Lipinski definition) is 4. The average molecular weight is 402 g/mol. The first-order chi connectivity index (χ1) is 13.6. The van der Waals surface area contributed by atoms with Crippen LogP contribution in [0.2, 0.25) is 0 Å². The van der Waals surface area contributed by atoms with Gasteiger partial charge in [0.25, 0.3) is 5.91 Å². The molecule has 29 heavy (non-hydrogen) atoms. The summed E-state index contributed by atoms with van der Waals surface area (Å²) in [5.41, 5.74) is 2.39. The largest absolute Gasteiger partial charge is 0.444 e. The van der Waals surface area contributed by atoms with Crippen molar-refractivity contribution >= 4 is 12.0 Å². The molecule has 156 valence electrons. The molecule has 3 rings (SSSR count). The van der Waals surface area contributed by atoms with Crippen molar-refractivity contribution in [3.8, 4) is 0 Å². The van der Waals surface area contributed by atoms with E-state index in [0.717, 1.165) is 16.8 Å². The van der Waals surface area contributed by atoms with Gasteiger partial charge in [0, 0.05) is 37.8 Å². The van der Waals surface area contributed by atoms with Gasteiger partial charge in [0.1, 0.15) is 11.4 Å². The van der Waals surface area contributed by atoms with Crippen LogP contribution in [0.3, 0.4) is 0 Å². The summed E-state index contributed by atoms with van der Waals surface area (Å²) < 4.78 is 20.1. The lowest BCUT2D eigenvalue weighted by Crippen LogP contribution is -2.40. The smallest absolute Gasteiger partial charge is 0.410 e. The van der Waals surface area contributed by atoms with Crippen LogP contribution in [0.1, 0.15) is 48.1 Å². The van der Waals surface area contributed by atoms with Gasteiger partial charge < -0.3 is 15.0 Å². The normalized spacial score (nSPS) is 13.8. The molecular weight excluding hydrogens is 375 g/mol. The highest BCUT2D eigenvalue weighted by Gasteiger charge is 2.31. The number of aryl methyl sites for hydroxylation is 1. The first kappa shape index (κ1) is 20.8. The molecule has 0 spiro atoms. The first-order valence-electron chi connectivity index (χ1n) is 9.69. The number of carbonyl (C=O) groups is 2. The fourth-order valence-corrected chi connectivity index (χ4v) is 3.31. The number of amides is 2. The van der Waals surface area contributed by atoms with E-state index >= 15 is 0 Å². The number of fused-ring (bicyclic) bond motifs is 1. The number of ether oxygens (including phenoxy) is 1. The van der Waals surface area contributed by atoms with E-state index in [4.69, 9.17) is 4.74 Å². The van der Waals surface area contributed by atoms with Gasteiger partial charge in [-0.05, 0) is 44.9 Å². The van der Waals surface area contributed by atoms with Gasteiger partial charge in [-0.25, -0.2) is 9.18 Å². The highest BCUT2D eigenvalue weighted by atomic mass is 19.1. The molecule has 0 atom stereocenters. The summed E-state index contributed by atoms with van der Waals surface area (Å²) in [7, 11) is 1.80. The Hall–Kier alpha value is -2.90. The predicted molar refractivity (Wildman–Crippen MR) is 106 cm³/mol. The maximum absolute atomic E-state index is 13.0. The minimum atomic E-state index is -0.577. The Morgan fingerprint density at radius 1 is 1.24 bits per heavy atom. The third kappa shape index (κ3) is 5.13. The van der Waals surface area contributed by atoms with Crippen molar-refractivity contribution in [1.29, 1.82) is 0 Å². The minimum Gasteiger partial charge on any atom is -0.444 e. The Labute approximate surface area is 169 Å². The van der Waals surface area contributed by atoms with Crippen molar-refractivity contribution in [2.75, 3.05) is 13.1 Å². The Kier molecular flexibility index (Phi) is 5.91. The van der Waals surface area contributed by atoms with Gasteiger partial charge in [0.2, 0.25) is 0 Å². The summed E-state index contributed by atoms with van der Waals surface area (Å²) in [5.74, 6) is -0.567. The number of hydrogen-bond donors (Lipinski definition) is 1. The van der Waals surface area contributed by atoms with Crippen molar-refractivity contribution in [2.24, 2.45) is 7.05 Å². The van der Waals surface area contributed by atoms with Crippen LogP contribution in [0.25, 0.3) is 0 Å². The van der Waals surface area contributed by atoms with Crippen molar-refractivity contribution in [2.45, 2.75) is 45.8 Å². The van der Waals surface area contributed by atoms with Crippen LogP contribution in [0.5, 0.6) is 0 Å². The second kappa shape index (κ2) is 8.23. The second-order valence-electron chi connectivity index (χ2n) is 8.18. The summed E-state index contributed by atoms with van der Waals surface area (Å²) in [4.78, 5) is 26.7. The van der Waals surface area contributed by atoms with Gasteiger partial charge in [-0.2, -0.15) is 5.10 Å². The lowest BCUT2D eigenvalue weighted by molar-refractivity contribution is 0.0221. The topological polar surface area (TPSA) is 76.5 Å². The van der Waals surface area contributed by atoms with Crippen molar-refractivity contribution in [3.63, 3.8) is 0 Å². The van der Waals surface area contributed by atoms with Gasteiger partial charge in [0.05, 0.1) is 6.54 Å². The van der Waals surface area contributed by atoms with E-state index in [1.165, 1.54) is 12.1 Å². The van der Waals surface area contributed by atoms with E-state index in [1.807, 2.05) is 20.8 Å². The number of aromatic nitrogens is 2. The molecule has 1 aromatic heterocycles. The van der Waals surface area contributed by atoms with E-state index in [2.05, 4.69) is 10.4 Å². The van der Waals surface area contributed by atoms with Crippen molar-refractivity contribution < 1.29 is 18.7 Å². The zero-order valence-corrected chi connectivity index (χ0v) is 17.3. The van der Waals surface area contributed by atoms with Crippen LogP contribution < -0.4 is 5.32 Å². The van der Waals surface area contributed by atoms with Crippen LogP contribution in [-0.2, 0) is 31.2 Å². The Morgan fingerprint density at radius 2 is 1.93 bits per heavy atom. The third-order valence-electron chi connectivity index (χ3n) is 4.72. The Morgan fingerprint density at radius 3 is 2.59 bits per heavy atom. The fraction of sp³-hybridized carbons (Fsp3) is 0.476. The maximum Gasteiger partial charge on any atom is 0.410 e. The number of rotatable bonds is 4. The molecule has 2 aromatic rings. The molecule has 0 saturated heterocycles. The molecule has 0 unspecified atom stereocenters. The molecule has 1 aliphatic heterocycles. The number of nitrogens with one attached hydrogen (secondary N) is 1. The molecule has 8 heteroatoms. The van der Waals surface area contributed by atoms with Gasteiger partial charge in [-0.3, -0.25) is 9.48 Å². The molecule has 2 heterocycles. The Bertz CT molecular complexity index is 900. The van der Waals surface area contributed by atoms with Crippen LogP contribution in [-0.4, -0.2) is 45.4 Å². The SMILES string of the molecule is Cn1nc(C(=O)NCCc2ccc(F)cc2)c2c1CCN(C(=O)OC(C)(C)C)C2. The van der Waals surface area contributed by atoms with E-state index in [-0.39, 0.29) is 11.7 Å². The van der Waals surface area contributed by atoms with Crippen LogP contribution >= 0.6 is 0 Å². The molecule has 0 saturated carbocycles. The van der Waals surface area contributed by atoms with Crippen LogP contribution in [0.15, 0.2) is 24.3 Å². The molecule has 7 nitrogen and oxygen atoms in total. The van der Waals surface area contributed by atoms with Crippen LogP contribution in [0, 0.1) is 5.82 Å². The summed E-state index contributed by atoms with van der Waals surface area (Å²) in [5, 5.41) is 7.24. The van der Waals surface area contributed by atoms with Gasteiger partial charge in [-0.1, -0.05) is 12.1 Å². The van der Waals surface area contributed by atoms with E-state index in [0.29, 0.717) is 38.2 Å². The lowest BCUT2D eigenvalue weighted by atomic mass is 10.0. The molecule has 0 bridgehead atoms. The average Bonchev–Trinajstić information content (AvgIpc) is 2.98. The standard InChI is InChI=1S/C21H27FN4O3/c1-21(2,3)29-20(28)26-12-10-17-16(13-26)18(24-25(17)4)19(27)23-11-9-14-5-7-15(22)8-6-14/h5-8H,9-13H2,1-4H3,(H,23,27). The quantitative estimate of drug-likeness (QED) is 0.853. The summed E-state index contributed by atoms with van der Waals surface area (Å²) in [6.07, 6.45) is 0.807. The summed E-state index contributed by atoms with van der Waals surface area (Å²) >= 11 is 0. The van der Waals surface area contributed by atoms with Gasteiger partial charge in [-0.15, -0.1) is 0 Å². The molecule has 1 aromatic carbocycles. The van der Waals surface area contributed by atoms with Gasteiger partial charge >= 0.3 is 6.09 Å². The molecular formula is C21H27FN4O3. The molecule has 1 aliphatic rings. The van der Waals surface area contributed by atoms with E-state index in [1.54, 1.807) is 28.8 Å². The van der Waals surface area contributed by atoms with Crippen molar-refractivity contribution in [1.82, 2.24) is 20.0 Å². The first-order valence-corrected chi connectivity index (χ1v) is 9.69. The van der Waals surface area contributed by atoms with Crippen LogP contribution in [0.4, 0.5) is 9.18 Å². The Balaban J connectivity index is 1.66. The zero-order valence-electron chi connectivity index (χ0n) is 17.3. The number of benzene rings is 1. The molecule has 0 radical (unpaired) electrons. The minimum absolute atomic E-state index is 0.282. The highest BCUT2D eigenvalue weighted by molar-refractivity contribution is 5.94. The molecule has 0 aliphatic carbocycles. The third-order valence-corrected chi connectivity index (χ3v) is 4.72. The summed E-state index contributed by atoms with van der Waals surface area (Å²) in [6, 6.07) is 6.20. The zero-order chi connectivity index (χ0) is 21.2. The van der Waals surface area contributed by atoms with Gasteiger partial charge in [0.15, 0.2) is 5.69 Å². The predicted octanol–water partition coefficient (Wildman–Crippen LogP) is 2.82. The molecule has 2 amide bonds. The second-order valence-corrected chi connectivity index (χ2v) is 8.18. The lowest BCUT2D eigenvalue weighted by Gasteiger charge is -2.30. The molecule has 1 N–H and O–H groups in total.